The fourth-order valence-corrected chi connectivity index (χ4v) is 2.35. The highest BCUT2D eigenvalue weighted by molar-refractivity contribution is 5.93. The van der Waals surface area contributed by atoms with E-state index in [1.165, 1.54) is 6.07 Å². The minimum absolute atomic E-state index is 0.224. The molecular formula is C15H14FN3O3. The predicted molar refractivity (Wildman–Crippen MR) is 75.0 cm³/mol. The Balaban J connectivity index is 1.83. The monoisotopic (exact) mass is 303 g/mol. The SMILES string of the molecule is NC(=O)CNC(=O)C1(c2cc(-c3ccccc3F)on2)CC1. The maximum Gasteiger partial charge on any atom is 0.236 e. The van der Waals surface area contributed by atoms with E-state index >= 15 is 0 Å². The number of nitrogens with one attached hydrogen (secondary N) is 1. The van der Waals surface area contributed by atoms with Crippen LogP contribution in [0.1, 0.15) is 18.5 Å². The molecule has 0 saturated heterocycles. The Morgan fingerprint density at radius 3 is 2.73 bits per heavy atom. The molecule has 2 amide bonds. The van der Waals surface area contributed by atoms with Crippen molar-refractivity contribution in [2.75, 3.05) is 6.54 Å². The molecule has 1 aliphatic rings. The number of aromatic nitrogens is 1. The molecule has 1 aromatic carbocycles. The van der Waals surface area contributed by atoms with Crippen LogP contribution in [0.15, 0.2) is 34.9 Å². The number of carbonyl (C=O) groups is 2. The van der Waals surface area contributed by atoms with Crippen LogP contribution >= 0.6 is 0 Å². The molecule has 0 aliphatic heterocycles. The first-order valence-corrected chi connectivity index (χ1v) is 6.82. The van der Waals surface area contributed by atoms with Gasteiger partial charge in [-0.15, -0.1) is 0 Å². The minimum atomic E-state index is -0.803. The molecule has 0 radical (unpaired) electrons. The summed E-state index contributed by atoms with van der Waals surface area (Å²) < 4.78 is 18.9. The standard InChI is InChI=1S/C15H14FN3O3/c16-10-4-2-1-3-9(10)11-7-12(19-22-11)15(5-6-15)14(21)18-8-13(17)20/h1-4,7H,5-6,8H2,(H2,17,20)(H,18,21). The van der Waals surface area contributed by atoms with Gasteiger partial charge in [0.1, 0.15) is 5.82 Å². The van der Waals surface area contributed by atoms with E-state index in [4.69, 9.17) is 10.3 Å². The van der Waals surface area contributed by atoms with E-state index in [0.29, 0.717) is 18.5 Å². The van der Waals surface area contributed by atoms with Gasteiger partial charge in [0.15, 0.2) is 5.76 Å². The van der Waals surface area contributed by atoms with E-state index in [9.17, 15) is 14.0 Å². The van der Waals surface area contributed by atoms with Crippen LogP contribution in [0.2, 0.25) is 0 Å². The molecule has 7 heteroatoms. The Kier molecular flexibility index (Phi) is 3.40. The molecule has 22 heavy (non-hydrogen) atoms. The molecule has 6 nitrogen and oxygen atoms in total. The number of nitrogens with two attached hydrogens (primary N) is 1. The van der Waals surface area contributed by atoms with Gasteiger partial charge >= 0.3 is 0 Å². The van der Waals surface area contributed by atoms with Crippen molar-refractivity contribution in [2.24, 2.45) is 5.73 Å². The fraction of sp³-hybridized carbons (Fsp3) is 0.267. The van der Waals surface area contributed by atoms with Gasteiger partial charge in [-0.05, 0) is 25.0 Å². The van der Waals surface area contributed by atoms with Crippen LogP contribution in [-0.2, 0) is 15.0 Å². The Morgan fingerprint density at radius 1 is 1.36 bits per heavy atom. The quantitative estimate of drug-likeness (QED) is 0.864. The topological polar surface area (TPSA) is 98.2 Å². The van der Waals surface area contributed by atoms with Crippen molar-refractivity contribution in [3.8, 4) is 11.3 Å². The number of benzene rings is 1. The molecule has 2 aromatic rings. The second kappa shape index (κ2) is 5.25. The zero-order chi connectivity index (χ0) is 15.7. The lowest BCUT2D eigenvalue weighted by molar-refractivity contribution is -0.126. The molecule has 1 saturated carbocycles. The van der Waals surface area contributed by atoms with E-state index in [-0.39, 0.29) is 23.8 Å². The van der Waals surface area contributed by atoms with Crippen molar-refractivity contribution in [2.45, 2.75) is 18.3 Å². The third-order valence-corrected chi connectivity index (χ3v) is 3.75. The van der Waals surface area contributed by atoms with Gasteiger partial charge in [-0.2, -0.15) is 0 Å². The number of primary amides is 1. The first-order valence-electron chi connectivity index (χ1n) is 6.82. The summed E-state index contributed by atoms with van der Waals surface area (Å²) in [5, 5.41) is 6.37. The molecule has 1 fully saturated rings. The van der Waals surface area contributed by atoms with Crippen molar-refractivity contribution in [3.05, 3.63) is 41.8 Å². The molecular weight excluding hydrogens is 289 g/mol. The van der Waals surface area contributed by atoms with Crippen LogP contribution in [0.4, 0.5) is 4.39 Å². The summed E-state index contributed by atoms with van der Waals surface area (Å²) in [7, 11) is 0. The number of amides is 2. The molecule has 0 bridgehead atoms. The normalized spacial score (nSPS) is 15.3. The van der Waals surface area contributed by atoms with Gasteiger partial charge in [0.05, 0.1) is 23.2 Å². The highest BCUT2D eigenvalue weighted by Crippen LogP contribution is 2.48. The van der Waals surface area contributed by atoms with Crippen molar-refractivity contribution < 1.29 is 18.5 Å². The van der Waals surface area contributed by atoms with Crippen LogP contribution < -0.4 is 11.1 Å². The molecule has 114 valence electrons. The average Bonchev–Trinajstić information content (AvgIpc) is 3.16. The van der Waals surface area contributed by atoms with Gasteiger partial charge in [0.25, 0.3) is 0 Å². The van der Waals surface area contributed by atoms with Gasteiger partial charge in [-0.25, -0.2) is 4.39 Å². The molecule has 0 atom stereocenters. The van der Waals surface area contributed by atoms with E-state index in [1.807, 2.05) is 0 Å². The predicted octanol–water partition coefficient (Wildman–Crippen LogP) is 1.11. The largest absolute Gasteiger partial charge is 0.368 e. The Morgan fingerprint density at radius 2 is 2.09 bits per heavy atom. The van der Waals surface area contributed by atoms with Crippen molar-refractivity contribution in [1.29, 1.82) is 0 Å². The van der Waals surface area contributed by atoms with Gasteiger partial charge in [-0.3, -0.25) is 9.59 Å². The summed E-state index contributed by atoms with van der Waals surface area (Å²) in [5.41, 5.74) is 4.93. The van der Waals surface area contributed by atoms with Crippen LogP contribution in [-0.4, -0.2) is 23.5 Å². The van der Waals surface area contributed by atoms with Crippen molar-refractivity contribution in [1.82, 2.24) is 10.5 Å². The van der Waals surface area contributed by atoms with Gasteiger partial charge < -0.3 is 15.6 Å². The maximum atomic E-state index is 13.7. The second-order valence-electron chi connectivity index (χ2n) is 5.29. The number of carbonyl (C=O) groups excluding carboxylic acids is 2. The summed E-state index contributed by atoms with van der Waals surface area (Å²) in [4.78, 5) is 22.9. The zero-order valence-electron chi connectivity index (χ0n) is 11.6. The first-order chi connectivity index (χ1) is 10.5. The molecule has 0 unspecified atom stereocenters. The molecule has 3 N–H and O–H groups in total. The Labute approximate surface area is 125 Å². The molecule has 3 rings (SSSR count). The van der Waals surface area contributed by atoms with Crippen molar-refractivity contribution >= 4 is 11.8 Å². The smallest absolute Gasteiger partial charge is 0.236 e. The Bertz CT molecular complexity index is 737. The lowest BCUT2D eigenvalue weighted by Gasteiger charge is -2.10. The highest BCUT2D eigenvalue weighted by Gasteiger charge is 2.53. The third kappa shape index (κ3) is 2.45. The Hall–Kier alpha value is -2.70. The molecule has 1 heterocycles. The third-order valence-electron chi connectivity index (χ3n) is 3.75. The molecule has 1 aromatic heterocycles. The van der Waals surface area contributed by atoms with E-state index in [0.717, 1.165) is 0 Å². The highest BCUT2D eigenvalue weighted by atomic mass is 19.1. The average molecular weight is 303 g/mol. The summed E-state index contributed by atoms with van der Waals surface area (Å²) in [6, 6.07) is 7.73. The van der Waals surface area contributed by atoms with Crippen LogP contribution in [0, 0.1) is 5.82 Å². The summed E-state index contributed by atoms with van der Waals surface area (Å²) in [5.74, 6) is -1.09. The van der Waals surface area contributed by atoms with Gasteiger partial charge in [0.2, 0.25) is 11.8 Å². The molecule has 0 spiro atoms. The lowest BCUT2D eigenvalue weighted by atomic mass is 10.0. The number of halogens is 1. The van der Waals surface area contributed by atoms with Gasteiger partial charge in [-0.1, -0.05) is 17.3 Å². The van der Waals surface area contributed by atoms with E-state index < -0.39 is 17.1 Å². The van der Waals surface area contributed by atoms with Crippen LogP contribution in [0.5, 0.6) is 0 Å². The lowest BCUT2D eigenvalue weighted by Crippen LogP contribution is -2.39. The fourth-order valence-electron chi connectivity index (χ4n) is 2.35. The van der Waals surface area contributed by atoms with Crippen LogP contribution in [0.3, 0.4) is 0 Å². The number of rotatable bonds is 5. The van der Waals surface area contributed by atoms with Crippen molar-refractivity contribution in [3.63, 3.8) is 0 Å². The second-order valence-corrected chi connectivity index (χ2v) is 5.29. The maximum absolute atomic E-state index is 13.7. The summed E-state index contributed by atoms with van der Waals surface area (Å²) in [6.07, 6.45) is 1.20. The van der Waals surface area contributed by atoms with Crippen LogP contribution in [0.25, 0.3) is 11.3 Å². The van der Waals surface area contributed by atoms with E-state index in [1.54, 1.807) is 24.3 Å². The molecule has 1 aliphatic carbocycles. The number of hydrogen-bond acceptors (Lipinski definition) is 4. The number of hydrogen-bond donors (Lipinski definition) is 2. The van der Waals surface area contributed by atoms with E-state index in [2.05, 4.69) is 10.5 Å². The first kappa shape index (κ1) is 14.2. The van der Waals surface area contributed by atoms with Gasteiger partial charge in [0, 0.05) is 6.07 Å². The summed E-state index contributed by atoms with van der Waals surface area (Å²) in [6.45, 7) is -0.224. The number of nitrogens with zero attached hydrogens (tertiary/aromatic N) is 1. The zero-order valence-corrected chi connectivity index (χ0v) is 11.6. The minimum Gasteiger partial charge on any atom is -0.368 e. The summed E-state index contributed by atoms with van der Waals surface area (Å²) >= 11 is 0.